The van der Waals surface area contributed by atoms with Crippen molar-refractivity contribution in [1.82, 2.24) is 0 Å². The van der Waals surface area contributed by atoms with E-state index in [9.17, 15) is 0 Å². The van der Waals surface area contributed by atoms with Crippen LogP contribution in [-0.4, -0.2) is 6.61 Å². The Labute approximate surface area is 127 Å². The molecule has 0 saturated heterocycles. The lowest BCUT2D eigenvalue weighted by molar-refractivity contribution is 0.365. The Balaban J connectivity index is 0.00000106. The van der Waals surface area contributed by atoms with Gasteiger partial charge in [0.15, 0.2) is 0 Å². The molecule has 0 radical (unpaired) electrons. The molecule has 0 atom stereocenters. The van der Waals surface area contributed by atoms with Crippen LogP contribution in [0.25, 0.3) is 6.08 Å². The lowest BCUT2D eigenvalue weighted by Gasteiger charge is -2.07. The first-order valence-electron chi connectivity index (χ1n) is 7.16. The number of hydrogen-bond donors (Lipinski definition) is 2. The van der Waals surface area contributed by atoms with Crippen LogP contribution in [-0.2, 0) is 0 Å². The maximum atomic E-state index is 5.87. The largest absolute Gasteiger partial charge is 0.487 e. The molecule has 0 fully saturated rings. The summed E-state index contributed by atoms with van der Waals surface area (Å²) in [6.07, 6.45) is 3.94. The maximum Gasteiger partial charge on any atom is 0.142 e. The average Bonchev–Trinajstić information content (AvgIpc) is 2.49. The summed E-state index contributed by atoms with van der Waals surface area (Å²) in [6, 6.07) is 13.4. The SMILES string of the molecule is CC.Cc1ccc(OC/C=C/c2ccc(N)cc2)c(N)c1. The molecule has 0 aliphatic rings. The van der Waals surface area contributed by atoms with E-state index in [0.29, 0.717) is 18.0 Å². The van der Waals surface area contributed by atoms with E-state index < -0.39 is 0 Å². The number of hydrogen-bond acceptors (Lipinski definition) is 3. The lowest BCUT2D eigenvalue weighted by Crippen LogP contribution is -1.98. The van der Waals surface area contributed by atoms with E-state index in [0.717, 1.165) is 16.8 Å². The molecule has 0 spiro atoms. The van der Waals surface area contributed by atoms with Gasteiger partial charge in [0.1, 0.15) is 12.4 Å². The van der Waals surface area contributed by atoms with E-state index in [1.807, 2.05) is 75.4 Å². The van der Waals surface area contributed by atoms with Gasteiger partial charge in [0.25, 0.3) is 0 Å². The van der Waals surface area contributed by atoms with Gasteiger partial charge in [0.05, 0.1) is 5.69 Å². The van der Waals surface area contributed by atoms with Gasteiger partial charge < -0.3 is 16.2 Å². The lowest BCUT2D eigenvalue weighted by atomic mass is 10.2. The Morgan fingerprint density at radius 3 is 2.29 bits per heavy atom. The Hall–Kier alpha value is -2.42. The third-order valence-corrected chi connectivity index (χ3v) is 2.75. The second-order valence-corrected chi connectivity index (χ2v) is 4.42. The fraction of sp³-hybridized carbons (Fsp3) is 0.222. The van der Waals surface area contributed by atoms with E-state index in [4.69, 9.17) is 16.2 Å². The normalized spacial score (nSPS) is 10.0. The van der Waals surface area contributed by atoms with Crippen molar-refractivity contribution in [2.45, 2.75) is 20.8 Å². The number of benzene rings is 2. The molecule has 4 N–H and O–H groups in total. The van der Waals surface area contributed by atoms with Crippen LogP contribution in [0.2, 0.25) is 0 Å². The van der Waals surface area contributed by atoms with Gasteiger partial charge in [-0.05, 0) is 48.4 Å². The number of aryl methyl sites for hydroxylation is 1. The number of ether oxygens (including phenoxy) is 1. The van der Waals surface area contributed by atoms with Gasteiger partial charge in [-0.25, -0.2) is 0 Å². The minimum atomic E-state index is 0.484. The Morgan fingerprint density at radius 2 is 1.67 bits per heavy atom. The van der Waals surface area contributed by atoms with E-state index in [2.05, 4.69) is 0 Å². The van der Waals surface area contributed by atoms with Crippen LogP contribution in [0.15, 0.2) is 48.5 Å². The summed E-state index contributed by atoms with van der Waals surface area (Å²) in [6.45, 7) is 6.48. The van der Waals surface area contributed by atoms with Crippen LogP contribution in [0.3, 0.4) is 0 Å². The molecule has 0 aliphatic heterocycles. The predicted molar refractivity (Wildman–Crippen MR) is 92.3 cm³/mol. The third kappa shape index (κ3) is 5.61. The van der Waals surface area contributed by atoms with Crippen molar-refractivity contribution in [2.75, 3.05) is 18.1 Å². The first-order chi connectivity index (χ1) is 10.1. The summed E-state index contributed by atoms with van der Waals surface area (Å²) in [4.78, 5) is 0. The number of nitrogens with two attached hydrogens (primary N) is 2. The van der Waals surface area contributed by atoms with Crippen molar-refractivity contribution >= 4 is 17.5 Å². The van der Waals surface area contributed by atoms with Crippen molar-refractivity contribution in [1.29, 1.82) is 0 Å². The van der Waals surface area contributed by atoms with Crippen LogP contribution in [0.1, 0.15) is 25.0 Å². The molecule has 0 heterocycles. The topological polar surface area (TPSA) is 61.3 Å². The van der Waals surface area contributed by atoms with Gasteiger partial charge in [-0.3, -0.25) is 0 Å². The molecule has 0 aromatic heterocycles. The van der Waals surface area contributed by atoms with Gasteiger partial charge in [-0.1, -0.05) is 38.1 Å². The fourth-order valence-electron chi connectivity index (χ4n) is 1.73. The van der Waals surface area contributed by atoms with Crippen molar-refractivity contribution in [3.63, 3.8) is 0 Å². The Morgan fingerprint density at radius 1 is 1.00 bits per heavy atom. The zero-order valence-corrected chi connectivity index (χ0v) is 13.0. The van der Waals surface area contributed by atoms with E-state index in [-0.39, 0.29) is 0 Å². The molecule has 0 unspecified atom stereocenters. The Bertz CT molecular complexity index is 574. The second kappa shape index (κ2) is 8.69. The number of anilines is 2. The molecule has 3 nitrogen and oxygen atoms in total. The summed E-state index contributed by atoms with van der Waals surface area (Å²) < 4.78 is 5.60. The van der Waals surface area contributed by atoms with Crippen LogP contribution >= 0.6 is 0 Å². The maximum absolute atomic E-state index is 5.87. The summed E-state index contributed by atoms with van der Waals surface area (Å²) in [5.74, 6) is 0.715. The summed E-state index contributed by atoms with van der Waals surface area (Å²) in [7, 11) is 0. The van der Waals surface area contributed by atoms with E-state index >= 15 is 0 Å². The van der Waals surface area contributed by atoms with Crippen molar-refractivity contribution in [2.24, 2.45) is 0 Å². The first-order valence-corrected chi connectivity index (χ1v) is 7.16. The number of rotatable bonds is 4. The van der Waals surface area contributed by atoms with Crippen LogP contribution in [0, 0.1) is 6.92 Å². The molecule has 0 saturated carbocycles. The molecule has 0 amide bonds. The molecule has 2 aromatic rings. The quantitative estimate of drug-likeness (QED) is 0.824. The smallest absolute Gasteiger partial charge is 0.142 e. The van der Waals surface area contributed by atoms with Crippen molar-refractivity contribution in [3.8, 4) is 5.75 Å². The summed E-state index contributed by atoms with van der Waals surface area (Å²) in [5.41, 5.74) is 15.1. The van der Waals surface area contributed by atoms with E-state index in [1.165, 1.54) is 0 Å². The monoisotopic (exact) mass is 284 g/mol. The average molecular weight is 284 g/mol. The highest BCUT2D eigenvalue weighted by Gasteiger charge is 1.98. The second-order valence-electron chi connectivity index (χ2n) is 4.42. The van der Waals surface area contributed by atoms with Gasteiger partial charge in [-0.15, -0.1) is 0 Å². The predicted octanol–water partition coefficient (Wildman–Crippen LogP) is 4.28. The van der Waals surface area contributed by atoms with Crippen LogP contribution in [0.4, 0.5) is 11.4 Å². The molecule has 21 heavy (non-hydrogen) atoms. The van der Waals surface area contributed by atoms with Gasteiger partial charge in [0, 0.05) is 5.69 Å². The first kappa shape index (κ1) is 16.6. The standard InChI is InChI=1S/C16H18N2O.C2H6/c1-12-4-9-16(15(18)11-12)19-10-2-3-13-5-7-14(17)8-6-13;1-2/h2-9,11H,10,17-18H2,1H3;1-2H3/b3-2+;. The highest BCUT2D eigenvalue weighted by atomic mass is 16.5. The highest BCUT2D eigenvalue weighted by Crippen LogP contribution is 2.22. The summed E-state index contributed by atoms with van der Waals surface area (Å²) >= 11 is 0. The third-order valence-electron chi connectivity index (χ3n) is 2.75. The molecule has 3 heteroatoms. The highest BCUT2D eigenvalue weighted by molar-refractivity contribution is 5.55. The minimum absolute atomic E-state index is 0.484. The van der Waals surface area contributed by atoms with Crippen molar-refractivity contribution in [3.05, 3.63) is 59.7 Å². The van der Waals surface area contributed by atoms with Gasteiger partial charge >= 0.3 is 0 Å². The molecule has 0 aliphatic carbocycles. The van der Waals surface area contributed by atoms with Gasteiger partial charge in [0.2, 0.25) is 0 Å². The fourth-order valence-corrected chi connectivity index (χ4v) is 1.73. The van der Waals surface area contributed by atoms with Crippen LogP contribution < -0.4 is 16.2 Å². The zero-order chi connectivity index (χ0) is 15.7. The molecule has 2 aromatic carbocycles. The van der Waals surface area contributed by atoms with Gasteiger partial charge in [-0.2, -0.15) is 0 Å². The molecular weight excluding hydrogens is 260 g/mol. The molecule has 112 valence electrons. The summed E-state index contributed by atoms with van der Waals surface area (Å²) in [5, 5.41) is 0. The number of nitrogen functional groups attached to an aromatic ring is 2. The molecular formula is C18H24N2O. The zero-order valence-electron chi connectivity index (χ0n) is 13.0. The minimum Gasteiger partial charge on any atom is -0.487 e. The van der Waals surface area contributed by atoms with Crippen molar-refractivity contribution < 1.29 is 4.74 Å². The van der Waals surface area contributed by atoms with Crippen LogP contribution in [0.5, 0.6) is 5.75 Å². The molecule has 2 rings (SSSR count). The Kier molecular flexibility index (Phi) is 6.88. The van der Waals surface area contributed by atoms with E-state index in [1.54, 1.807) is 0 Å². The molecule has 0 bridgehead atoms.